The zero-order valence-corrected chi connectivity index (χ0v) is 13.2. The minimum atomic E-state index is -0.141. The summed E-state index contributed by atoms with van der Waals surface area (Å²) in [5, 5.41) is 14.1. The van der Waals surface area contributed by atoms with Crippen LogP contribution >= 0.6 is 11.8 Å². The SMILES string of the molecule is CC(CO)CSC(C)C(=O)Nc1cccc2ccccc12. The second-order valence-electron chi connectivity index (χ2n) is 5.28. The highest BCUT2D eigenvalue weighted by Crippen LogP contribution is 2.24. The van der Waals surface area contributed by atoms with Crippen LogP contribution in [-0.2, 0) is 4.79 Å². The summed E-state index contributed by atoms with van der Waals surface area (Å²) in [6, 6.07) is 13.9. The second kappa shape index (κ2) is 7.48. The summed E-state index contributed by atoms with van der Waals surface area (Å²) in [5.74, 6) is 0.991. The van der Waals surface area contributed by atoms with Crippen molar-refractivity contribution in [3.8, 4) is 0 Å². The Balaban J connectivity index is 2.04. The summed E-state index contributed by atoms with van der Waals surface area (Å²) in [4.78, 5) is 12.3. The second-order valence-corrected chi connectivity index (χ2v) is 6.65. The van der Waals surface area contributed by atoms with Gasteiger partial charge >= 0.3 is 0 Å². The fourth-order valence-corrected chi connectivity index (χ4v) is 2.94. The lowest BCUT2D eigenvalue weighted by molar-refractivity contribution is -0.115. The summed E-state index contributed by atoms with van der Waals surface area (Å²) >= 11 is 1.57. The van der Waals surface area contributed by atoms with E-state index in [0.717, 1.165) is 22.2 Å². The predicted molar refractivity (Wildman–Crippen MR) is 90.7 cm³/mol. The van der Waals surface area contributed by atoms with Crippen molar-refractivity contribution in [2.75, 3.05) is 17.7 Å². The first-order valence-corrected chi connectivity index (χ1v) is 8.17. The van der Waals surface area contributed by atoms with Crippen molar-refractivity contribution in [3.63, 3.8) is 0 Å². The average Bonchev–Trinajstić information content (AvgIpc) is 2.52. The third kappa shape index (κ3) is 4.22. The lowest BCUT2D eigenvalue weighted by atomic mass is 10.1. The minimum Gasteiger partial charge on any atom is -0.396 e. The van der Waals surface area contributed by atoms with Gasteiger partial charge in [0.05, 0.1) is 5.25 Å². The Labute approximate surface area is 129 Å². The van der Waals surface area contributed by atoms with Crippen molar-refractivity contribution < 1.29 is 9.90 Å². The molecule has 0 aliphatic carbocycles. The van der Waals surface area contributed by atoms with Gasteiger partial charge < -0.3 is 10.4 Å². The molecule has 2 unspecified atom stereocenters. The van der Waals surface area contributed by atoms with Crippen LogP contribution in [0.25, 0.3) is 10.8 Å². The summed E-state index contributed by atoms with van der Waals surface area (Å²) in [6.45, 7) is 4.03. The van der Waals surface area contributed by atoms with Crippen LogP contribution in [0, 0.1) is 5.92 Å². The van der Waals surface area contributed by atoms with Gasteiger partial charge in [0.1, 0.15) is 0 Å². The van der Waals surface area contributed by atoms with Gasteiger partial charge in [-0.3, -0.25) is 4.79 Å². The molecule has 0 radical (unpaired) electrons. The number of benzene rings is 2. The van der Waals surface area contributed by atoms with E-state index in [0.29, 0.717) is 0 Å². The smallest absolute Gasteiger partial charge is 0.237 e. The molecule has 2 aromatic carbocycles. The van der Waals surface area contributed by atoms with Crippen LogP contribution in [0.1, 0.15) is 13.8 Å². The van der Waals surface area contributed by atoms with Crippen LogP contribution in [0.15, 0.2) is 42.5 Å². The van der Waals surface area contributed by atoms with Crippen LogP contribution in [0.3, 0.4) is 0 Å². The van der Waals surface area contributed by atoms with Crippen LogP contribution in [0.2, 0.25) is 0 Å². The molecular formula is C17H21NO2S. The van der Waals surface area contributed by atoms with Gasteiger partial charge in [-0.05, 0) is 30.0 Å². The van der Waals surface area contributed by atoms with Crippen molar-refractivity contribution in [3.05, 3.63) is 42.5 Å². The Morgan fingerprint density at radius 1 is 1.19 bits per heavy atom. The van der Waals surface area contributed by atoms with Crippen LogP contribution in [-0.4, -0.2) is 28.6 Å². The van der Waals surface area contributed by atoms with Crippen molar-refractivity contribution in [2.24, 2.45) is 5.92 Å². The van der Waals surface area contributed by atoms with Gasteiger partial charge in [0.2, 0.25) is 5.91 Å². The Morgan fingerprint density at radius 3 is 2.67 bits per heavy atom. The van der Waals surface area contributed by atoms with Crippen LogP contribution in [0.4, 0.5) is 5.69 Å². The lowest BCUT2D eigenvalue weighted by Gasteiger charge is -2.15. The standard InChI is InChI=1S/C17H21NO2S/c1-12(10-19)11-21-13(2)17(20)18-16-9-5-7-14-6-3-4-8-15(14)16/h3-9,12-13,19H,10-11H2,1-2H3,(H,18,20). The maximum atomic E-state index is 12.3. The normalized spacial score (nSPS) is 13.9. The van der Waals surface area contributed by atoms with E-state index in [1.807, 2.05) is 56.3 Å². The van der Waals surface area contributed by atoms with E-state index in [2.05, 4.69) is 5.32 Å². The number of amides is 1. The molecule has 2 aromatic rings. The molecular weight excluding hydrogens is 282 g/mol. The van der Waals surface area contributed by atoms with E-state index >= 15 is 0 Å². The molecule has 0 saturated carbocycles. The Morgan fingerprint density at radius 2 is 1.90 bits per heavy atom. The number of rotatable bonds is 6. The first-order valence-electron chi connectivity index (χ1n) is 7.13. The quantitative estimate of drug-likeness (QED) is 0.858. The Bertz CT molecular complexity index is 609. The monoisotopic (exact) mass is 303 g/mol. The molecule has 112 valence electrons. The fourth-order valence-electron chi connectivity index (χ4n) is 2.01. The van der Waals surface area contributed by atoms with E-state index in [1.54, 1.807) is 11.8 Å². The third-order valence-corrected chi connectivity index (χ3v) is 4.83. The largest absolute Gasteiger partial charge is 0.396 e. The topological polar surface area (TPSA) is 49.3 Å². The molecule has 2 N–H and O–H groups in total. The molecule has 0 spiro atoms. The molecule has 0 aliphatic rings. The van der Waals surface area contributed by atoms with E-state index in [4.69, 9.17) is 5.11 Å². The Kier molecular flexibility index (Phi) is 5.65. The molecule has 0 saturated heterocycles. The lowest BCUT2D eigenvalue weighted by Crippen LogP contribution is -2.23. The molecule has 2 rings (SSSR count). The zero-order chi connectivity index (χ0) is 15.2. The zero-order valence-electron chi connectivity index (χ0n) is 12.4. The number of carbonyl (C=O) groups is 1. The first kappa shape index (κ1) is 15.9. The van der Waals surface area contributed by atoms with E-state index in [9.17, 15) is 4.79 Å². The van der Waals surface area contributed by atoms with Gasteiger partial charge in [-0.15, -0.1) is 11.8 Å². The molecule has 0 heterocycles. The minimum absolute atomic E-state index is 0.00138. The first-order chi connectivity index (χ1) is 10.1. The van der Waals surface area contributed by atoms with Gasteiger partial charge in [-0.25, -0.2) is 0 Å². The maximum absolute atomic E-state index is 12.3. The fraction of sp³-hybridized carbons (Fsp3) is 0.353. The molecule has 0 bridgehead atoms. The number of anilines is 1. The van der Waals surface area contributed by atoms with Crippen LogP contribution < -0.4 is 5.32 Å². The van der Waals surface area contributed by atoms with Crippen molar-refractivity contribution >= 4 is 34.1 Å². The van der Waals surface area contributed by atoms with Gasteiger partial charge in [-0.2, -0.15) is 0 Å². The number of aliphatic hydroxyl groups excluding tert-OH is 1. The number of nitrogens with one attached hydrogen (secondary N) is 1. The number of hydrogen-bond donors (Lipinski definition) is 2. The summed E-state index contributed by atoms with van der Waals surface area (Å²) in [5.41, 5.74) is 0.848. The van der Waals surface area contributed by atoms with Crippen LogP contribution in [0.5, 0.6) is 0 Å². The summed E-state index contributed by atoms with van der Waals surface area (Å²) in [6.07, 6.45) is 0. The predicted octanol–water partition coefficient (Wildman–Crippen LogP) is 3.53. The average molecular weight is 303 g/mol. The maximum Gasteiger partial charge on any atom is 0.237 e. The Hall–Kier alpha value is -1.52. The van der Waals surface area contributed by atoms with E-state index in [-0.39, 0.29) is 23.7 Å². The number of thioether (sulfide) groups is 1. The molecule has 3 nitrogen and oxygen atoms in total. The molecule has 2 atom stereocenters. The highest BCUT2D eigenvalue weighted by atomic mass is 32.2. The van der Waals surface area contributed by atoms with Crippen molar-refractivity contribution in [2.45, 2.75) is 19.1 Å². The number of aliphatic hydroxyl groups is 1. The van der Waals surface area contributed by atoms with Gasteiger partial charge in [-0.1, -0.05) is 43.3 Å². The molecule has 1 amide bonds. The number of fused-ring (bicyclic) bond motifs is 1. The molecule has 4 heteroatoms. The molecule has 0 aromatic heterocycles. The van der Waals surface area contributed by atoms with E-state index in [1.165, 1.54) is 0 Å². The van der Waals surface area contributed by atoms with Gasteiger partial charge in [0.25, 0.3) is 0 Å². The molecule has 0 fully saturated rings. The third-order valence-electron chi connectivity index (χ3n) is 3.36. The molecule has 21 heavy (non-hydrogen) atoms. The van der Waals surface area contributed by atoms with E-state index < -0.39 is 0 Å². The summed E-state index contributed by atoms with van der Waals surface area (Å²) < 4.78 is 0. The highest BCUT2D eigenvalue weighted by molar-refractivity contribution is 8.00. The van der Waals surface area contributed by atoms with Crippen molar-refractivity contribution in [1.82, 2.24) is 0 Å². The summed E-state index contributed by atoms with van der Waals surface area (Å²) in [7, 11) is 0. The van der Waals surface area contributed by atoms with Gasteiger partial charge in [0, 0.05) is 17.7 Å². The van der Waals surface area contributed by atoms with Crippen molar-refractivity contribution in [1.29, 1.82) is 0 Å². The van der Waals surface area contributed by atoms with Gasteiger partial charge in [0.15, 0.2) is 0 Å². The number of hydrogen-bond acceptors (Lipinski definition) is 3. The highest BCUT2D eigenvalue weighted by Gasteiger charge is 2.15. The molecule has 0 aliphatic heterocycles. The number of carbonyl (C=O) groups excluding carboxylic acids is 1.